The first-order chi connectivity index (χ1) is 10.1. The Bertz CT molecular complexity index is 630. The number of carbonyl (C=O) groups is 1. The third kappa shape index (κ3) is 4.20. The quantitative estimate of drug-likeness (QED) is 0.762. The van der Waals surface area contributed by atoms with E-state index in [0.29, 0.717) is 28.7 Å². The Labute approximate surface area is 128 Å². The zero-order valence-electron chi connectivity index (χ0n) is 11.9. The van der Waals surface area contributed by atoms with Crippen molar-refractivity contribution >= 4 is 17.4 Å². The van der Waals surface area contributed by atoms with Crippen LogP contribution in [0.4, 0.5) is 0 Å². The van der Waals surface area contributed by atoms with Gasteiger partial charge in [0.25, 0.3) is 0 Å². The zero-order valence-corrected chi connectivity index (χ0v) is 12.6. The Morgan fingerprint density at radius 3 is 2.81 bits per heavy atom. The number of aromatic nitrogens is 1. The molecule has 1 aromatic carbocycles. The van der Waals surface area contributed by atoms with Gasteiger partial charge in [-0.1, -0.05) is 17.7 Å². The fourth-order valence-corrected chi connectivity index (χ4v) is 2.01. The SMILES string of the molecule is CCOc1cncc(C(=O)C(C)Oc2cccc(Cl)c2)c1. The van der Waals surface area contributed by atoms with E-state index < -0.39 is 6.10 Å². The second-order valence-corrected chi connectivity index (χ2v) is 4.86. The van der Waals surface area contributed by atoms with Gasteiger partial charge in [0.1, 0.15) is 11.5 Å². The number of nitrogens with zero attached hydrogens (tertiary/aromatic N) is 1. The predicted octanol–water partition coefficient (Wildman–Crippen LogP) is 3.78. The Morgan fingerprint density at radius 2 is 2.10 bits per heavy atom. The normalized spacial score (nSPS) is 11.8. The summed E-state index contributed by atoms with van der Waals surface area (Å²) < 4.78 is 10.9. The highest BCUT2D eigenvalue weighted by molar-refractivity contribution is 6.30. The van der Waals surface area contributed by atoms with Crippen LogP contribution in [-0.2, 0) is 0 Å². The number of hydrogen-bond donors (Lipinski definition) is 0. The van der Waals surface area contributed by atoms with Crippen LogP contribution in [0.3, 0.4) is 0 Å². The van der Waals surface area contributed by atoms with E-state index >= 15 is 0 Å². The van der Waals surface area contributed by atoms with Crippen molar-refractivity contribution in [1.82, 2.24) is 4.98 Å². The topological polar surface area (TPSA) is 48.4 Å². The lowest BCUT2D eigenvalue weighted by atomic mass is 10.1. The van der Waals surface area contributed by atoms with Gasteiger partial charge >= 0.3 is 0 Å². The predicted molar refractivity (Wildman–Crippen MR) is 81.3 cm³/mol. The Kier molecular flexibility index (Phi) is 5.17. The van der Waals surface area contributed by atoms with Crippen molar-refractivity contribution in [2.45, 2.75) is 20.0 Å². The van der Waals surface area contributed by atoms with Crippen molar-refractivity contribution in [3.05, 3.63) is 53.3 Å². The van der Waals surface area contributed by atoms with E-state index in [-0.39, 0.29) is 5.78 Å². The van der Waals surface area contributed by atoms with Gasteiger partial charge in [0, 0.05) is 16.8 Å². The lowest BCUT2D eigenvalue weighted by molar-refractivity contribution is 0.0817. The van der Waals surface area contributed by atoms with Gasteiger partial charge < -0.3 is 9.47 Å². The summed E-state index contributed by atoms with van der Waals surface area (Å²) in [5.41, 5.74) is 0.454. The number of Topliss-reactive ketones (excluding diaryl/α,β-unsaturated/α-hetero) is 1. The summed E-state index contributed by atoms with van der Waals surface area (Å²) >= 11 is 5.89. The Hall–Kier alpha value is -2.07. The average molecular weight is 306 g/mol. The van der Waals surface area contributed by atoms with Crippen molar-refractivity contribution in [3.8, 4) is 11.5 Å². The fraction of sp³-hybridized carbons (Fsp3) is 0.250. The number of benzene rings is 1. The van der Waals surface area contributed by atoms with E-state index in [4.69, 9.17) is 21.1 Å². The smallest absolute Gasteiger partial charge is 0.204 e. The summed E-state index contributed by atoms with van der Waals surface area (Å²) in [5, 5.41) is 0.562. The fourth-order valence-electron chi connectivity index (χ4n) is 1.83. The number of rotatable bonds is 6. The third-order valence-electron chi connectivity index (χ3n) is 2.79. The highest BCUT2D eigenvalue weighted by Gasteiger charge is 2.18. The molecule has 1 heterocycles. The monoisotopic (exact) mass is 305 g/mol. The van der Waals surface area contributed by atoms with Crippen molar-refractivity contribution in [2.75, 3.05) is 6.61 Å². The van der Waals surface area contributed by atoms with Gasteiger partial charge in [-0.15, -0.1) is 0 Å². The minimum Gasteiger partial charge on any atom is -0.492 e. The van der Waals surface area contributed by atoms with E-state index in [9.17, 15) is 4.79 Å². The van der Waals surface area contributed by atoms with Crippen LogP contribution >= 0.6 is 11.6 Å². The lowest BCUT2D eigenvalue weighted by Gasteiger charge is -2.14. The van der Waals surface area contributed by atoms with Gasteiger partial charge in [-0.2, -0.15) is 0 Å². The molecule has 1 atom stereocenters. The molecule has 110 valence electrons. The van der Waals surface area contributed by atoms with E-state index in [1.807, 2.05) is 6.92 Å². The molecule has 4 nitrogen and oxygen atoms in total. The Morgan fingerprint density at radius 1 is 1.29 bits per heavy atom. The summed E-state index contributed by atoms with van der Waals surface area (Å²) in [4.78, 5) is 16.3. The molecule has 0 fully saturated rings. The summed E-state index contributed by atoms with van der Waals surface area (Å²) in [6.07, 6.45) is 2.44. The number of pyridine rings is 1. The molecule has 0 N–H and O–H groups in total. The molecule has 0 aliphatic heterocycles. The third-order valence-corrected chi connectivity index (χ3v) is 3.02. The second-order valence-electron chi connectivity index (χ2n) is 4.42. The second kappa shape index (κ2) is 7.09. The first kappa shape index (κ1) is 15.3. The number of carbonyl (C=O) groups excluding carboxylic acids is 1. The van der Waals surface area contributed by atoms with Crippen molar-refractivity contribution in [1.29, 1.82) is 0 Å². The average Bonchev–Trinajstić information content (AvgIpc) is 2.47. The summed E-state index contributed by atoms with van der Waals surface area (Å²) in [6.45, 7) is 4.09. The van der Waals surface area contributed by atoms with E-state index in [2.05, 4.69) is 4.98 Å². The highest BCUT2D eigenvalue weighted by atomic mass is 35.5. The molecule has 2 rings (SSSR count). The first-order valence-electron chi connectivity index (χ1n) is 6.64. The molecule has 1 unspecified atom stereocenters. The van der Waals surface area contributed by atoms with Crippen molar-refractivity contribution in [3.63, 3.8) is 0 Å². The molecule has 0 amide bonds. The molecule has 2 aromatic rings. The number of ketones is 1. The first-order valence-corrected chi connectivity index (χ1v) is 7.02. The van der Waals surface area contributed by atoms with Gasteiger partial charge in [-0.3, -0.25) is 9.78 Å². The van der Waals surface area contributed by atoms with Crippen LogP contribution in [0.5, 0.6) is 11.5 Å². The molecule has 0 saturated carbocycles. The van der Waals surface area contributed by atoms with Crippen molar-refractivity contribution in [2.24, 2.45) is 0 Å². The van der Waals surface area contributed by atoms with Crippen molar-refractivity contribution < 1.29 is 14.3 Å². The standard InChI is InChI=1S/C16H16ClNO3/c1-3-20-15-7-12(9-18-10-15)16(19)11(2)21-14-6-4-5-13(17)8-14/h4-11H,3H2,1-2H3. The van der Waals surface area contributed by atoms with Gasteiger partial charge in [-0.25, -0.2) is 0 Å². The van der Waals surface area contributed by atoms with Crippen LogP contribution in [0.2, 0.25) is 5.02 Å². The number of ether oxygens (including phenoxy) is 2. The minimum atomic E-state index is -0.637. The zero-order chi connectivity index (χ0) is 15.2. The summed E-state index contributed by atoms with van der Waals surface area (Å²) in [7, 11) is 0. The van der Waals surface area contributed by atoms with Crippen LogP contribution in [0, 0.1) is 0 Å². The van der Waals surface area contributed by atoms with Crippen LogP contribution in [0.15, 0.2) is 42.7 Å². The largest absolute Gasteiger partial charge is 0.492 e. The molecular weight excluding hydrogens is 290 g/mol. The summed E-state index contributed by atoms with van der Waals surface area (Å²) in [5.74, 6) is 0.958. The van der Waals surface area contributed by atoms with Gasteiger partial charge in [0.2, 0.25) is 5.78 Å². The van der Waals surface area contributed by atoms with Crippen LogP contribution in [-0.4, -0.2) is 23.5 Å². The molecule has 21 heavy (non-hydrogen) atoms. The maximum Gasteiger partial charge on any atom is 0.204 e. The van der Waals surface area contributed by atoms with Gasteiger partial charge in [0.15, 0.2) is 6.10 Å². The molecular formula is C16H16ClNO3. The van der Waals surface area contributed by atoms with Crippen LogP contribution in [0.25, 0.3) is 0 Å². The maximum absolute atomic E-state index is 12.3. The lowest BCUT2D eigenvalue weighted by Crippen LogP contribution is -2.24. The molecule has 5 heteroatoms. The maximum atomic E-state index is 12.3. The van der Waals surface area contributed by atoms with Crippen LogP contribution in [0.1, 0.15) is 24.2 Å². The molecule has 0 spiro atoms. The van der Waals surface area contributed by atoms with Gasteiger partial charge in [-0.05, 0) is 38.1 Å². The number of halogens is 1. The Balaban J connectivity index is 2.10. The molecule has 0 saturated heterocycles. The molecule has 0 aliphatic carbocycles. The minimum absolute atomic E-state index is 0.163. The van der Waals surface area contributed by atoms with Gasteiger partial charge in [0.05, 0.1) is 12.8 Å². The molecule has 0 bridgehead atoms. The molecule has 0 aliphatic rings. The van der Waals surface area contributed by atoms with E-state index in [0.717, 1.165) is 0 Å². The van der Waals surface area contributed by atoms with Crippen LogP contribution < -0.4 is 9.47 Å². The molecule has 1 aromatic heterocycles. The highest BCUT2D eigenvalue weighted by Crippen LogP contribution is 2.20. The summed E-state index contributed by atoms with van der Waals surface area (Å²) in [6, 6.07) is 8.60. The molecule has 0 radical (unpaired) electrons. The number of hydrogen-bond acceptors (Lipinski definition) is 4. The van der Waals surface area contributed by atoms with E-state index in [1.54, 1.807) is 43.5 Å². The van der Waals surface area contributed by atoms with E-state index in [1.165, 1.54) is 6.20 Å².